The average molecular weight is 373 g/mol. The van der Waals surface area contributed by atoms with Crippen molar-refractivity contribution in [2.24, 2.45) is 0 Å². The van der Waals surface area contributed by atoms with Crippen LogP contribution in [0.25, 0.3) is 0 Å². The lowest BCUT2D eigenvalue weighted by Gasteiger charge is -2.19. The van der Waals surface area contributed by atoms with E-state index in [2.05, 4.69) is 24.3 Å². The summed E-state index contributed by atoms with van der Waals surface area (Å²) in [6.07, 6.45) is 0.859. The molecule has 148 valence electrons. The zero-order valence-corrected chi connectivity index (χ0v) is 17.4. The van der Waals surface area contributed by atoms with Crippen molar-refractivity contribution in [3.05, 3.63) is 59.7 Å². The van der Waals surface area contributed by atoms with Crippen molar-refractivity contribution >= 4 is 0 Å². The molecule has 0 aliphatic rings. The smallest absolute Gasteiger partial charge is 0.189 e. The van der Waals surface area contributed by atoms with Gasteiger partial charge < -0.3 is 18.9 Å². The first kappa shape index (κ1) is 21.3. The molecule has 0 amide bonds. The lowest BCUT2D eigenvalue weighted by Crippen LogP contribution is -2.22. The first-order valence-corrected chi connectivity index (χ1v) is 9.32. The number of hydrogen-bond acceptors (Lipinski definition) is 4. The molecule has 0 spiro atoms. The maximum Gasteiger partial charge on any atom is 0.189 e. The van der Waals surface area contributed by atoms with Crippen LogP contribution in [0.2, 0.25) is 0 Å². The van der Waals surface area contributed by atoms with E-state index in [1.807, 2.05) is 65.8 Å². The molecular weight excluding hydrogens is 340 g/mol. The standard InChI is InChI=1S/C23H32O4/c1-22(2,3)26-16-24-20-11-7-18(8-12-20)15-19-9-13-21(14-10-19)25-17-27-23(4,5)6/h7-14H,15-17H2,1-6H3. The minimum Gasteiger partial charge on any atom is -0.468 e. The normalized spacial score (nSPS) is 12.1. The van der Waals surface area contributed by atoms with E-state index in [9.17, 15) is 0 Å². The SMILES string of the molecule is CC(C)(C)OCOc1ccc(Cc2ccc(OCOC(C)(C)C)cc2)cc1. The number of ether oxygens (including phenoxy) is 4. The summed E-state index contributed by atoms with van der Waals surface area (Å²) >= 11 is 0. The third-order valence-electron chi connectivity index (χ3n) is 3.69. The van der Waals surface area contributed by atoms with Gasteiger partial charge in [0.2, 0.25) is 0 Å². The van der Waals surface area contributed by atoms with Gasteiger partial charge >= 0.3 is 0 Å². The van der Waals surface area contributed by atoms with Gasteiger partial charge in [-0.15, -0.1) is 0 Å². The van der Waals surface area contributed by atoms with Crippen molar-refractivity contribution in [3.8, 4) is 11.5 Å². The summed E-state index contributed by atoms with van der Waals surface area (Å²) in [6.45, 7) is 12.6. The Hall–Kier alpha value is -2.04. The fourth-order valence-corrected chi connectivity index (χ4v) is 2.19. The van der Waals surface area contributed by atoms with Crippen LogP contribution in [-0.2, 0) is 15.9 Å². The largest absolute Gasteiger partial charge is 0.468 e. The van der Waals surface area contributed by atoms with Crippen LogP contribution in [0.5, 0.6) is 11.5 Å². The summed E-state index contributed by atoms with van der Waals surface area (Å²) < 4.78 is 22.4. The van der Waals surface area contributed by atoms with Gasteiger partial charge in [0.1, 0.15) is 11.5 Å². The maximum atomic E-state index is 5.61. The van der Waals surface area contributed by atoms with Gasteiger partial charge in [0.25, 0.3) is 0 Å². The van der Waals surface area contributed by atoms with Crippen LogP contribution in [0.1, 0.15) is 52.7 Å². The van der Waals surface area contributed by atoms with Gasteiger partial charge in [-0.25, -0.2) is 0 Å². The Morgan fingerprint density at radius 3 is 1.19 bits per heavy atom. The predicted molar refractivity (Wildman–Crippen MR) is 108 cm³/mol. The zero-order valence-electron chi connectivity index (χ0n) is 17.4. The van der Waals surface area contributed by atoms with Crippen LogP contribution in [0.3, 0.4) is 0 Å². The lowest BCUT2D eigenvalue weighted by atomic mass is 10.0. The molecule has 0 saturated carbocycles. The van der Waals surface area contributed by atoms with Crippen molar-refractivity contribution in [1.82, 2.24) is 0 Å². The zero-order chi connectivity index (χ0) is 19.9. The summed E-state index contributed by atoms with van der Waals surface area (Å²) in [5, 5.41) is 0. The number of rotatable bonds is 8. The summed E-state index contributed by atoms with van der Waals surface area (Å²) in [5.41, 5.74) is 2.05. The highest BCUT2D eigenvalue weighted by atomic mass is 16.7. The van der Waals surface area contributed by atoms with Crippen molar-refractivity contribution in [2.75, 3.05) is 13.6 Å². The predicted octanol–water partition coefficient (Wildman–Crippen LogP) is 5.58. The highest BCUT2D eigenvalue weighted by Gasteiger charge is 2.10. The van der Waals surface area contributed by atoms with E-state index in [0.717, 1.165) is 17.9 Å². The lowest BCUT2D eigenvalue weighted by molar-refractivity contribution is -0.0763. The highest BCUT2D eigenvalue weighted by molar-refractivity contribution is 5.34. The van der Waals surface area contributed by atoms with Gasteiger partial charge in [0.05, 0.1) is 11.2 Å². The van der Waals surface area contributed by atoms with Crippen molar-refractivity contribution in [3.63, 3.8) is 0 Å². The molecule has 0 aliphatic carbocycles. The van der Waals surface area contributed by atoms with Gasteiger partial charge in [0.15, 0.2) is 13.6 Å². The van der Waals surface area contributed by atoms with Gasteiger partial charge in [-0.05, 0) is 83.4 Å². The molecule has 27 heavy (non-hydrogen) atoms. The first-order chi connectivity index (χ1) is 12.6. The Balaban J connectivity index is 1.81. The molecule has 2 rings (SSSR count). The molecule has 0 radical (unpaired) electrons. The van der Waals surface area contributed by atoms with Crippen LogP contribution in [-0.4, -0.2) is 24.8 Å². The third-order valence-corrected chi connectivity index (χ3v) is 3.69. The van der Waals surface area contributed by atoms with E-state index >= 15 is 0 Å². The van der Waals surface area contributed by atoms with E-state index < -0.39 is 0 Å². The molecule has 2 aromatic carbocycles. The van der Waals surface area contributed by atoms with Crippen LogP contribution in [0, 0.1) is 0 Å². The molecule has 0 N–H and O–H groups in total. The fourth-order valence-electron chi connectivity index (χ4n) is 2.19. The minimum absolute atomic E-state index is 0.200. The van der Waals surface area contributed by atoms with E-state index in [0.29, 0.717) is 0 Å². The summed E-state index contributed by atoms with van der Waals surface area (Å²) in [5.74, 6) is 1.62. The van der Waals surface area contributed by atoms with E-state index in [-0.39, 0.29) is 24.8 Å². The molecule has 0 aromatic heterocycles. The molecule has 4 nitrogen and oxygen atoms in total. The third kappa shape index (κ3) is 8.94. The van der Waals surface area contributed by atoms with Crippen molar-refractivity contribution < 1.29 is 18.9 Å². The van der Waals surface area contributed by atoms with Gasteiger partial charge in [-0.3, -0.25) is 0 Å². The Kier molecular flexibility index (Phi) is 7.28. The molecule has 0 aliphatic heterocycles. The molecule has 0 atom stereocenters. The molecule has 4 heteroatoms. The Morgan fingerprint density at radius 1 is 0.556 bits per heavy atom. The highest BCUT2D eigenvalue weighted by Crippen LogP contribution is 2.19. The molecular formula is C23H32O4. The Morgan fingerprint density at radius 2 is 0.889 bits per heavy atom. The average Bonchev–Trinajstić information content (AvgIpc) is 2.56. The molecule has 0 bridgehead atoms. The van der Waals surface area contributed by atoms with Gasteiger partial charge in [0, 0.05) is 0 Å². The van der Waals surface area contributed by atoms with E-state index in [1.165, 1.54) is 11.1 Å². The second kappa shape index (κ2) is 9.25. The van der Waals surface area contributed by atoms with Crippen molar-refractivity contribution in [2.45, 2.75) is 59.2 Å². The fraction of sp³-hybridized carbons (Fsp3) is 0.478. The van der Waals surface area contributed by atoms with Crippen LogP contribution < -0.4 is 9.47 Å². The Labute approximate surface area is 163 Å². The molecule has 0 unspecified atom stereocenters. The molecule has 0 saturated heterocycles. The number of benzene rings is 2. The number of hydrogen-bond donors (Lipinski definition) is 0. The monoisotopic (exact) mass is 372 g/mol. The summed E-state index contributed by atoms with van der Waals surface area (Å²) in [6, 6.07) is 16.2. The summed E-state index contributed by atoms with van der Waals surface area (Å²) in [7, 11) is 0. The molecule has 2 aromatic rings. The summed E-state index contributed by atoms with van der Waals surface area (Å²) in [4.78, 5) is 0. The van der Waals surface area contributed by atoms with Crippen LogP contribution in [0.15, 0.2) is 48.5 Å². The van der Waals surface area contributed by atoms with Crippen molar-refractivity contribution in [1.29, 1.82) is 0 Å². The molecule has 0 heterocycles. The quantitative estimate of drug-likeness (QED) is 0.567. The maximum absolute atomic E-state index is 5.61. The second-order valence-electron chi connectivity index (χ2n) is 8.50. The first-order valence-electron chi connectivity index (χ1n) is 9.32. The second-order valence-corrected chi connectivity index (χ2v) is 8.50. The van der Waals surface area contributed by atoms with Gasteiger partial charge in [-0.1, -0.05) is 24.3 Å². The van der Waals surface area contributed by atoms with Gasteiger partial charge in [-0.2, -0.15) is 0 Å². The Bertz CT molecular complexity index is 615. The van der Waals surface area contributed by atoms with Crippen LogP contribution in [0.4, 0.5) is 0 Å². The van der Waals surface area contributed by atoms with E-state index in [4.69, 9.17) is 18.9 Å². The molecule has 0 fully saturated rings. The minimum atomic E-state index is -0.200. The van der Waals surface area contributed by atoms with E-state index in [1.54, 1.807) is 0 Å². The topological polar surface area (TPSA) is 36.9 Å². The van der Waals surface area contributed by atoms with Crippen LogP contribution >= 0.6 is 0 Å².